The van der Waals surface area contributed by atoms with Crippen molar-refractivity contribution >= 4 is 10.0 Å². The van der Waals surface area contributed by atoms with Crippen LogP contribution in [-0.2, 0) is 10.0 Å². The van der Waals surface area contributed by atoms with Crippen LogP contribution in [-0.4, -0.2) is 18.6 Å². The number of hydrogen-bond acceptors (Lipinski definition) is 3. The lowest BCUT2D eigenvalue weighted by atomic mass is 10.7. The Hall–Kier alpha value is -0.950. The highest BCUT2D eigenvalue weighted by molar-refractivity contribution is 7.89. The molecule has 10 heavy (non-hydrogen) atoms. The Morgan fingerprint density at radius 1 is 1.70 bits per heavy atom. The molecule has 0 radical (unpaired) electrons. The van der Waals surface area contributed by atoms with Gasteiger partial charge in [0.15, 0.2) is 4.90 Å². The molecule has 0 atom stereocenters. The number of halogens is 1. The molecule has 0 aromatic carbocycles. The van der Waals surface area contributed by atoms with Gasteiger partial charge in [-0.15, -0.1) is 5.10 Å². The minimum atomic E-state index is -3.96. The Balaban J connectivity index is 3.32. The van der Waals surface area contributed by atoms with Crippen LogP contribution in [0.3, 0.4) is 0 Å². The third-order valence-corrected chi connectivity index (χ3v) is 1.77. The van der Waals surface area contributed by atoms with Gasteiger partial charge in [0, 0.05) is 6.20 Å². The van der Waals surface area contributed by atoms with Gasteiger partial charge in [0.05, 0.1) is 0 Å². The first-order valence-corrected chi connectivity index (χ1v) is 3.78. The fraction of sp³-hybridized carbons (Fsp3) is 0. The average molecular weight is 165 g/mol. The molecule has 1 rings (SSSR count). The first kappa shape index (κ1) is 7.16. The minimum Gasteiger partial charge on any atom is -0.281 e. The topological polar surface area (TPSA) is 88.8 Å². The molecule has 0 saturated heterocycles. The summed E-state index contributed by atoms with van der Waals surface area (Å²) >= 11 is 0. The van der Waals surface area contributed by atoms with E-state index in [4.69, 9.17) is 0 Å². The maximum Gasteiger partial charge on any atom is 0.252 e. The van der Waals surface area contributed by atoms with E-state index in [1.165, 1.54) is 0 Å². The molecule has 1 aromatic rings. The molecule has 0 saturated carbocycles. The van der Waals surface area contributed by atoms with Gasteiger partial charge in [0.25, 0.3) is 5.95 Å². The second kappa shape index (κ2) is 2.03. The van der Waals surface area contributed by atoms with Gasteiger partial charge in [-0.25, -0.2) is 13.6 Å². The van der Waals surface area contributed by atoms with E-state index in [9.17, 15) is 12.8 Å². The molecule has 0 unspecified atom stereocenters. The third-order valence-electron chi connectivity index (χ3n) is 0.868. The van der Waals surface area contributed by atoms with E-state index in [0.29, 0.717) is 0 Å². The van der Waals surface area contributed by atoms with Gasteiger partial charge < -0.3 is 0 Å². The minimum absolute atomic E-state index is 0.618. The van der Waals surface area contributed by atoms with E-state index in [2.05, 4.69) is 10.2 Å². The predicted molar refractivity (Wildman–Crippen MR) is 29.9 cm³/mol. The molecule has 0 aliphatic carbocycles. The summed E-state index contributed by atoms with van der Waals surface area (Å²) < 4.78 is 33.0. The van der Waals surface area contributed by atoms with Crippen LogP contribution in [0.4, 0.5) is 4.39 Å². The Morgan fingerprint density at radius 3 is 2.50 bits per heavy atom. The highest BCUT2D eigenvalue weighted by Crippen LogP contribution is 2.06. The van der Waals surface area contributed by atoms with Crippen LogP contribution < -0.4 is 5.14 Å². The summed E-state index contributed by atoms with van der Waals surface area (Å²) in [5, 5.41) is 9.53. The maximum absolute atomic E-state index is 12.2. The van der Waals surface area contributed by atoms with Crippen LogP contribution in [0.2, 0.25) is 0 Å². The van der Waals surface area contributed by atoms with E-state index in [1.54, 1.807) is 0 Å². The van der Waals surface area contributed by atoms with Crippen molar-refractivity contribution in [2.45, 2.75) is 4.90 Å². The number of nitrogens with zero attached hydrogens (tertiary/aromatic N) is 1. The summed E-state index contributed by atoms with van der Waals surface area (Å²) in [5.41, 5.74) is 0. The second-order valence-corrected chi connectivity index (χ2v) is 3.12. The predicted octanol–water partition coefficient (Wildman–Crippen LogP) is -0.804. The zero-order valence-corrected chi connectivity index (χ0v) is 5.52. The van der Waals surface area contributed by atoms with Gasteiger partial charge in [-0.2, -0.15) is 4.39 Å². The van der Waals surface area contributed by atoms with Crippen molar-refractivity contribution in [2.24, 2.45) is 5.14 Å². The summed E-state index contributed by atoms with van der Waals surface area (Å²) in [6, 6.07) is 0. The Bertz CT molecular complexity index is 329. The number of primary sulfonamides is 1. The monoisotopic (exact) mass is 165 g/mol. The molecule has 7 heteroatoms. The van der Waals surface area contributed by atoms with Crippen molar-refractivity contribution in [2.75, 3.05) is 0 Å². The molecule has 0 aliphatic heterocycles. The first-order chi connectivity index (χ1) is 4.52. The van der Waals surface area contributed by atoms with Crippen molar-refractivity contribution in [1.29, 1.82) is 0 Å². The second-order valence-electron chi connectivity index (χ2n) is 1.59. The number of H-pyrrole nitrogens is 1. The van der Waals surface area contributed by atoms with Crippen LogP contribution in [0.5, 0.6) is 0 Å². The number of sulfonamides is 1. The third kappa shape index (κ3) is 1.14. The van der Waals surface area contributed by atoms with Crippen molar-refractivity contribution in [3.05, 3.63) is 12.1 Å². The molecule has 56 valence electrons. The molecular weight excluding hydrogens is 161 g/mol. The van der Waals surface area contributed by atoms with Crippen LogP contribution in [0.15, 0.2) is 11.1 Å². The van der Waals surface area contributed by atoms with E-state index >= 15 is 0 Å². The lowest BCUT2D eigenvalue weighted by Crippen LogP contribution is -2.12. The fourth-order valence-electron chi connectivity index (χ4n) is 0.462. The van der Waals surface area contributed by atoms with Crippen LogP contribution >= 0.6 is 0 Å². The van der Waals surface area contributed by atoms with Crippen molar-refractivity contribution in [1.82, 2.24) is 10.2 Å². The standard InChI is InChI=1S/C3H4FN3O2S/c4-3-2(1-6-7-3)10(5,8)9/h1H,(H,6,7)(H2,5,8,9). The van der Waals surface area contributed by atoms with E-state index in [1.807, 2.05) is 5.10 Å². The van der Waals surface area contributed by atoms with Crippen molar-refractivity contribution in [3.63, 3.8) is 0 Å². The largest absolute Gasteiger partial charge is 0.281 e. The molecular formula is C3H4FN3O2S. The number of rotatable bonds is 1. The maximum atomic E-state index is 12.2. The summed E-state index contributed by atoms with van der Waals surface area (Å²) in [7, 11) is -3.96. The summed E-state index contributed by atoms with van der Waals surface area (Å²) in [5.74, 6) is -1.11. The quantitative estimate of drug-likeness (QED) is 0.570. The SMILES string of the molecule is NS(=O)(=O)c1c[nH]nc1F. The molecule has 5 nitrogen and oxygen atoms in total. The van der Waals surface area contributed by atoms with Crippen molar-refractivity contribution < 1.29 is 12.8 Å². The van der Waals surface area contributed by atoms with E-state index in [-0.39, 0.29) is 0 Å². The molecule has 3 N–H and O–H groups in total. The van der Waals surface area contributed by atoms with Gasteiger partial charge in [0.1, 0.15) is 0 Å². The van der Waals surface area contributed by atoms with E-state index < -0.39 is 20.9 Å². The lowest BCUT2D eigenvalue weighted by Gasteiger charge is -1.87. The van der Waals surface area contributed by atoms with E-state index in [0.717, 1.165) is 6.20 Å². The van der Waals surface area contributed by atoms with Gasteiger partial charge >= 0.3 is 0 Å². The van der Waals surface area contributed by atoms with Crippen LogP contribution in [0, 0.1) is 5.95 Å². The van der Waals surface area contributed by atoms with Crippen LogP contribution in [0.25, 0.3) is 0 Å². The highest BCUT2D eigenvalue weighted by Gasteiger charge is 2.15. The zero-order valence-electron chi connectivity index (χ0n) is 4.70. The number of nitrogens with one attached hydrogen (secondary N) is 1. The molecule has 0 spiro atoms. The summed E-state index contributed by atoms with van der Waals surface area (Å²) in [6.07, 6.45) is 0.880. The van der Waals surface area contributed by atoms with Gasteiger partial charge in [-0.05, 0) is 0 Å². The molecule has 0 fully saturated rings. The van der Waals surface area contributed by atoms with Gasteiger partial charge in [0.2, 0.25) is 10.0 Å². The number of nitrogens with two attached hydrogens (primary N) is 1. The number of aromatic nitrogens is 2. The molecule has 0 bridgehead atoms. The molecule has 1 aromatic heterocycles. The van der Waals surface area contributed by atoms with Gasteiger partial charge in [-0.3, -0.25) is 5.10 Å². The number of aromatic amines is 1. The summed E-state index contributed by atoms with van der Waals surface area (Å²) in [6.45, 7) is 0. The zero-order chi connectivity index (χ0) is 7.78. The normalized spacial score (nSPS) is 11.8. The Labute approximate surface area is 56.1 Å². The summed E-state index contributed by atoms with van der Waals surface area (Å²) in [4.78, 5) is -0.618. The lowest BCUT2D eigenvalue weighted by molar-refractivity contribution is 0.543. The first-order valence-electron chi connectivity index (χ1n) is 2.24. The fourth-order valence-corrected chi connectivity index (χ4v) is 0.959. The smallest absolute Gasteiger partial charge is 0.252 e. The molecule has 0 amide bonds. The highest BCUT2D eigenvalue weighted by atomic mass is 32.2. The average Bonchev–Trinajstić information content (AvgIpc) is 2.11. The Kier molecular flexibility index (Phi) is 1.45. The Morgan fingerprint density at radius 2 is 2.30 bits per heavy atom. The molecule has 1 heterocycles. The van der Waals surface area contributed by atoms with Gasteiger partial charge in [-0.1, -0.05) is 0 Å². The number of hydrogen-bond donors (Lipinski definition) is 2. The van der Waals surface area contributed by atoms with Crippen LogP contribution in [0.1, 0.15) is 0 Å². The molecule has 0 aliphatic rings. The van der Waals surface area contributed by atoms with Crippen molar-refractivity contribution in [3.8, 4) is 0 Å².